The van der Waals surface area contributed by atoms with Crippen molar-refractivity contribution in [3.05, 3.63) is 69.6 Å². The van der Waals surface area contributed by atoms with Crippen LogP contribution in [0.15, 0.2) is 47.3 Å². The number of nitrogens with zero attached hydrogens (tertiary/aromatic N) is 2. The minimum absolute atomic E-state index is 0.0884. The van der Waals surface area contributed by atoms with Crippen LogP contribution in [0.1, 0.15) is 35.5 Å². The van der Waals surface area contributed by atoms with Gasteiger partial charge in [-0.25, -0.2) is 9.48 Å². The van der Waals surface area contributed by atoms with Crippen molar-refractivity contribution < 1.29 is 14.3 Å². The number of aromatic nitrogens is 2. The maximum Gasteiger partial charge on any atom is 0.359 e. The van der Waals surface area contributed by atoms with Crippen LogP contribution in [0.5, 0.6) is 5.75 Å². The summed E-state index contributed by atoms with van der Waals surface area (Å²) in [7, 11) is 0. The van der Waals surface area contributed by atoms with E-state index in [1.807, 2.05) is 39.8 Å². The van der Waals surface area contributed by atoms with Crippen molar-refractivity contribution in [3.8, 4) is 5.75 Å². The lowest BCUT2D eigenvalue weighted by Crippen LogP contribution is -2.28. The van der Waals surface area contributed by atoms with Crippen LogP contribution in [-0.2, 0) is 11.3 Å². The molecule has 6 nitrogen and oxygen atoms in total. The SMILES string of the molecule is Cc1cc(C)cc(OCCOC(=O)c2nn(CC(C)C)c(=O)c3ccccc23)c1. The Labute approximate surface area is 170 Å². The molecule has 3 aromatic rings. The Bertz CT molecular complexity index is 1070. The number of benzene rings is 2. The van der Waals surface area contributed by atoms with Gasteiger partial charge in [-0.3, -0.25) is 4.79 Å². The van der Waals surface area contributed by atoms with E-state index in [-0.39, 0.29) is 30.4 Å². The van der Waals surface area contributed by atoms with E-state index in [0.717, 1.165) is 16.9 Å². The summed E-state index contributed by atoms with van der Waals surface area (Å²) in [6.07, 6.45) is 0. The normalized spacial score (nSPS) is 11.1. The van der Waals surface area contributed by atoms with Crippen LogP contribution in [-0.4, -0.2) is 29.0 Å². The fourth-order valence-electron chi connectivity index (χ4n) is 3.23. The number of hydrogen-bond acceptors (Lipinski definition) is 5. The predicted octanol–water partition coefficient (Wildman–Crippen LogP) is 3.91. The Hall–Kier alpha value is -3.15. The molecule has 0 radical (unpaired) electrons. The first-order valence-electron chi connectivity index (χ1n) is 9.73. The molecular formula is C23H26N2O4. The molecule has 0 fully saturated rings. The number of aryl methyl sites for hydroxylation is 2. The lowest BCUT2D eigenvalue weighted by molar-refractivity contribution is 0.0443. The average Bonchev–Trinajstić information content (AvgIpc) is 2.66. The number of carbonyl (C=O) groups excluding carboxylic acids is 1. The number of rotatable bonds is 7. The van der Waals surface area contributed by atoms with Gasteiger partial charge in [0.25, 0.3) is 5.56 Å². The van der Waals surface area contributed by atoms with E-state index in [9.17, 15) is 9.59 Å². The van der Waals surface area contributed by atoms with Crippen LogP contribution in [0.25, 0.3) is 10.8 Å². The maximum atomic E-state index is 12.7. The van der Waals surface area contributed by atoms with Crippen molar-refractivity contribution in [2.75, 3.05) is 13.2 Å². The zero-order valence-corrected chi connectivity index (χ0v) is 17.3. The van der Waals surface area contributed by atoms with Crippen molar-refractivity contribution in [2.24, 2.45) is 5.92 Å². The van der Waals surface area contributed by atoms with Crippen LogP contribution in [0, 0.1) is 19.8 Å². The summed E-state index contributed by atoms with van der Waals surface area (Å²) in [6, 6.07) is 12.9. The van der Waals surface area contributed by atoms with E-state index in [1.165, 1.54) is 4.68 Å². The van der Waals surface area contributed by atoms with Gasteiger partial charge < -0.3 is 9.47 Å². The Kier molecular flexibility index (Phi) is 6.32. The van der Waals surface area contributed by atoms with Gasteiger partial charge in [0.1, 0.15) is 19.0 Å². The molecule has 0 aliphatic heterocycles. The third-order valence-electron chi connectivity index (χ3n) is 4.38. The molecule has 0 spiro atoms. The van der Waals surface area contributed by atoms with Crippen LogP contribution in [0.2, 0.25) is 0 Å². The van der Waals surface area contributed by atoms with Gasteiger partial charge in [-0.15, -0.1) is 0 Å². The highest BCUT2D eigenvalue weighted by atomic mass is 16.6. The van der Waals surface area contributed by atoms with E-state index in [4.69, 9.17) is 9.47 Å². The lowest BCUT2D eigenvalue weighted by Gasteiger charge is -2.13. The molecule has 2 aromatic carbocycles. The average molecular weight is 394 g/mol. The summed E-state index contributed by atoms with van der Waals surface area (Å²) in [4.78, 5) is 25.3. The second kappa shape index (κ2) is 8.90. The van der Waals surface area contributed by atoms with Gasteiger partial charge >= 0.3 is 5.97 Å². The Morgan fingerprint density at radius 2 is 1.69 bits per heavy atom. The second-order valence-corrected chi connectivity index (χ2v) is 7.58. The fraction of sp³-hybridized carbons (Fsp3) is 0.348. The highest BCUT2D eigenvalue weighted by Gasteiger charge is 2.18. The molecule has 1 heterocycles. The lowest BCUT2D eigenvalue weighted by atomic mass is 10.1. The van der Waals surface area contributed by atoms with Gasteiger partial charge in [0.15, 0.2) is 5.69 Å². The van der Waals surface area contributed by atoms with Gasteiger partial charge in [0.05, 0.1) is 5.39 Å². The first-order valence-corrected chi connectivity index (χ1v) is 9.73. The van der Waals surface area contributed by atoms with E-state index < -0.39 is 5.97 Å². The Balaban J connectivity index is 1.74. The zero-order valence-electron chi connectivity index (χ0n) is 17.3. The van der Waals surface area contributed by atoms with E-state index in [2.05, 4.69) is 11.2 Å². The highest BCUT2D eigenvalue weighted by molar-refractivity contribution is 6.02. The van der Waals surface area contributed by atoms with Crippen molar-refractivity contribution >= 4 is 16.7 Å². The first kappa shape index (κ1) is 20.6. The molecule has 0 saturated heterocycles. The summed E-state index contributed by atoms with van der Waals surface area (Å²) in [5, 5.41) is 5.25. The molecule has 0 N–H and O–H groups in total. The predicted molar refractivity (Wildman–Crippen MR) is 113 cm³/mol. The van der Waals surface area contributed by atoms with Gasteiger partial charge in [-0.1, -0.05) is 38.1 Å². The fourth-order valence-corrected chi connectivity index (χ4v) is 3.23. The van der Waals surface area contributed by atoms with Gasteiger partial charge in [-0.05, 0) is 49.1 Å². The van der Waals surface area contributed by atoms with Gasteiger partial charge in [0.2, 0.25) is 0 Å². The van der Waals surface area contributed by atoms with E-state index in [0.29, 0.717) is 17.3 Å². The van der Waals surface area contributed by atoms with Gasteiger partial charge in [-0.2, -0.15) is 5.10 Å². The minimum Gasteiger partial charge on any atom is -0.490 e. The Morgan fingerprint density at radius 1 is 1.03 bits per heavy atom. The summed E-state index contributed by atoms with van der Waals surface area (Å²) in [5.41, 5.74) is 2.16. The Morgan fingerprint density at radius 3 is 2.34 bits per heavy atom. The number of fused-ring (bicyclic) bond motifs is 1. The quantitative estimate of drug-likeness (QED) is 0.449. The van der Waals surface area contributed by atoms with E-state index >= 15 is 0 Å². The van der Waals surface area contributed by atoms with Crippen molar-refractivity contribution in [3.63, 3.8) is 0 Å². The molecule has 0 bridgehead atoms. The number of ether oxygens (including phenoxy) is 2. The molecule has 0 amide bonds. The summed E-state index contributed by atoms with van der Waals surface area (Å²) in [5.74, 6) is 0.395. The molecule has 3 rings (SSSR count). The zero-order chi connectivity index (χ0) is 21.0. The molecule has 29 heavy (non-hydrogen) atoms. The first-order chi connectivity index (χ1) is 13.8. The smallest absolute Gasteiger partial charge is 0.359 e. The number of esters is 1. The third-order valence-corrected chi connectivity index (χ3v) is 4.38. The molecule has 0 saturated carbocycles. The number of carbonyl (C=O) groups is 1. The maximum absolute atomic E-state index is 12.7. The second-order valence-electron chi connectivity index (χ2n) is 7.58. The minimum atomic E-state index is -0.567. The molecule has 0 aliphatic carbocycles. The van der Waals surface area contributed by atoms with Gasteiger partial charge in [0, 0.05) is 11.9 Å². The van der Waals surface area contributed by atoms with Crippen molar-refractivity contribution in [1.82, 2.24) is 9.78 Å². The topological polar surface area (TPSA) is 70.4 Å². The molecule has 6 heteroatoms. The summed E-state index contributed by atoms with van der Waals surface area (Å²) in [6.45, 7) is 8.74. The van der Waals surface area contributed by atoms with Crippen molar-refractivity contribution in [1.29, 1.82) is 0 Å². The summed E-state index contributed by atoms with van der Waals surface area (Å²) < 4.78 is 12.4. The standard InChI is InChI=1S/C23H26N2O4/c1-15(2)14-25-22(26)20-8-6-5-7-19(20)21(24-25)23(27)29-10-9-28-18-12-16(3)11-17(4)13-18/h5-8,11-13,15H,9-10,14H2,1-4H3. The molecule has 152 valence electrons. The molecule has 0 unspecified atom stereocenters. The summed E-state index contributed by atoms with van der Waals surface area (Å²) >= 11 is 0. The van der Waals surface area contributed by atoms with Crippen LogP contribution >= 0.6 is 0 Å². The van der Waals surface area contributed by atoms with E-state index in [1.54, 1.807) is 24.3 Å². The largest absolute Gasteiger partial charge is 0.490 e. The molecule has 0 atom stereocenters. The number of hydrogen-bond donors (Lipinski definition) is 0. The monoisotopic (exact) mass is 394 g/mol. The third kappa shape index (κ3) is 5.02. The van der Waals surface area contributed by atoms with Crippen molar-refractivity contribution in [2.45, 2.75) is 34.2 Å². The van der Waals surface area contributed by atoms with Crippen LogP contribution in [0.4, 0.5) is 0 Å². The highest BCUT2D eigenvalue weighted by Crippen LogP contribution is 2.17. The molecule has 1 aromatic heterocycles. The van der Waals surface area contributed by atoms with Crippen LogP contribution in [0.3, 0.4) is 0 Å². The molecular weight excluding hydrogens is 368 g/mol. The van der Waals surface area contributed by atoms with Crippen LogP contribution < -0.4 is 10.3 Å². The molecule has 0 aliphatic rings.